The number of hydrogen-bond donors (Lipinski definition) is 1. The van der Waals surface area contributed by atoms with Gasteiger partial charge in [0, 0.05) is 18.8 Å². The Hall–Kier alpha value is -2.13. The largest absolute Gasteiger partial charge is 0.495 e. The number of methoxy groups -OCH3 is 1. The molecule has 0 radical (unpaired) electrons. The lowest BCUT2D eigenvalue weighted by atomic mass is 10.1. The van der Waals surface area contributed by atoms with Crippen LogP contribution in [0.2, 0.25) is 5.02 Å². The van der Waals surface area contributed by atoms with E-state index in [0.29, 0.717) is 18.0 Å². The molecule has 1 fully saturated rings. The molecule has 1 amide bonds. The van der Waals surface area contributed by atoms with Crippen LogP contribution < -0.4 is 10.1 Å². The number of halogens is 1. The van der Waals surface area contributed by atoms with Crippen LogP contribution in [0.15, 0.2) is 41.3 Å². The maximum atomic E-state index is 13.4. The Labute approximate surface area is 188 Å². The fourth-order valence-electron chi connectivity index (χ4n) is 3.46. The number of anilines is 1. The predicted molar refractivity (Wildman–Crippen MR) is 120 cm³/mol. The summed E-state index contributed by atoms with van der Waals surface area (Å²) in [7, 11) is -2.53. The van der Waals surface area contributed by atoms with Crippen molar-refractivity contribution in [1.29, 1.82) is 0 Å². The molecule has 0 bridgehead atoms. The molecule has 1 aliphatic rings. The quantitative estimate of drug-likeness (QED) is 0.640. The van der Waals surface area contributed by atoms with Gasteiger partial charge >= 0.3 is 0 Å². The number of aryl methyl sites for hydroxylation is 1. The number of amides is 1. The number of nitrogens with one attached hydrogen (secondary N) is 1. The minimum atomic E-state index is -3.99. The van der Waals surface area contributed by atoms with Crippen molar-refractivity contribution in [2.24, 2.45) is 0 Å². The summed E-state index contributed by atoms with van der Waals surface area (Å²) in [4.78, 5) is 12.8. The molecule has 2 aromatic rings. The lowest BCUT2D eigenvalue weighted by Crippen LogP contribution is -2.42. The molecular formula is C22H27ClN2O5S. The van der Waals surface area contributed by atoms with Crippen molar-refractivity contribution in [2.75, 3.05) is 32.1 Å². The summed E-state index contributed by atoms with van der Waals surface area (Å²) in [5.41, 5.74) is 2.63. The van der Waals surface area contributed by atoms with Gasteiger partial charge in [-0.3, -0.25) is 4.79 Å². The van der Waals surface area contributed by atoms with Gasteiger partial charge in [0.2, 0.25) is 15.9 Å². The van der Waals surface area contributed by atoms with Crippen LogP contribution in [-0.2, 0) is 19.6 Å². The van der Waals surface area contributed by atoms with E-state index in [1.54, 1.807) is 6.07 Å². The molecule has 1 unspecified atom stereocenters. The van der Waals surface area contributed by atoms with Crippen LogP contribution >= 0.6 is 11.6 Å². The Balaban J connectivity index is 1.85. The van der Waals surface area contributed by atoms with E-state index in [1.165, 1.54) is 25.3 Å². The molecule has 1 saturated heterocycles. The van der Waals surface area contributed by atoms with Crippen molar-refractivity contribution >= 4 is 33.2 Å². The first-order valence-electron chi connectivity index (χ1n) is 10.0. The molecule has 0 aliphatic carbocycles. The average Bonchev–Trinajstić information content (AvgIpc) is 3.24. The number of ether oxygens (including phenoxy) is 2. The normalized spacial score (nSPS) is 16.5. The Bertz CT molecular complexity index is 1050. The minimum Gasteiger partial charge on any atom is -0.495 e. The van der Waals surface area contributed by atoms with E-state index in [2.05, 4.69) is 5.32 Å². The molecule has 0 saturated carbocycles. The third-order valence-corrected chi connectivity index (χ3v) is 7.49. The van der Waals surface area contributed by atoms with Crippen LogP contribution in [0.5, 0.6) is 5.75 Å². The third kappa shape index (κ3) is 5.57. The van der Waals surface area contributed by atoms with Gasteiger partial charge in [-0.05, 0) is 62.1 Å². The SMILES string of the molecule is COc1ccc(S(=O)(=O)N(CC(=O)Nc2cccc(C)c2C)CC2CCCO2)cc1Cl. The highest BCUT2D eigenvalue weighted by Crippen LogP contribution is 2.29. The zero-order valence-electron chi connectivity index (χ0n) is 17.9. The summed E-state index contributed by atoms with van der Waals surface area (Å²) < 4.78 is 38.6. The van der Waals surface area contributed by atoms with E-state index >= 15 is 0 Å². The number of rotatable bonds is 8. The van der Waals surface area contributed by atoms with E-state index in [-0.39, 0.29) is 29.1 Å². The second kappa shape index (κ2) is 9.99. The molecule has 0 aromatic heterocycles. The topological polar surface area (TPSA) is 84.9 Å². The standard InChI is InChI=1S/C22H27ClN2O5S/c1-15-6-4-8-20(16(15)2)24-22(26)14-25(13-17-7-5-11-30-17)31(27,28)18-9-10-21(29-3)19(23)12-18/h4,6,8-10,12,17H,5,7,11,13-14H2,1-3H3,(H,24,26). The minimum absolute atomic E-state index is 0.00386. The molecule has 9 heteroatoms. The van der Waals surface area contributed by atoms with Crippen LogP contribution in [0.25, 0.3) is 0 Å². The first-order valence-corrected chi connectivity index (χ1v) is 11.9. The lowest BCUT2D eigenvalue weighted by molar-refractivity contribution is -0.116. The maximum Gasteiger partial charge on any atom is 0.243 e. The summed E-state index contributed by atoms with van der Waals surface area (Å²) in [6, 6.07) is 9.84. The Kier molecular flexibility index (Phi) is 7.59. The second-order valence-electron chi connectivity index (χ2n) is 7.52. The van der Waals surface area contributed by atoms with Crippen LogP contribution in [0.3, 0.4) is 0 Å². The van der Waals surface area contributed by atoms with Crippen molar-refractivity contribution in [3.8, 4) is 5.75 Å². The number of sulfonamides is 1. The van der Waals surface area contributed by atoms with Crippen molar-refractivity contribution in [2.45, 2.75) is 37.7 Å². The molecular weight excluding hydrogens is 440 g/mol. The molecule has 0 spiro atoms. The highest BCUT2D eigenvalue weighted by Gasteiger charge is 2.31. The zero-order chi connectivity index (χ0) is 22.6. The molecule has 3 rings (SSSR count). The smallest absolute Gasteiger partial charge is 0.243 e. The van der Waals surface area contributed by atoms with Crippen LogP contribution in [0.4, 0.5) is 5.69 Å². The fraction of sp³-hybridized carbons (Fsp3) is 0.409. The van der Waals surface area contributed by atoms with E-state index in [9.17, 15) is 13.2 Å². The van der Waals surface area contributed by atoms with Crippen molar-refractivity contribution in [3.05, 3.63) is 52.5 Å². The highest BCUT2D eigenvalue weighted by molar-refractivity contribution is 7.89. The monoisotopic (exact) mass is 466 g/mol. The van der Waals surface area contributed by atoms with E-state index in [4.69, 9.17) is 21.1 Å². The lowest BCUT2D eigenvalue weighted by Gasteiger charge is -2.25. The van der Waals surface area contributed by atoms with E-state index < -0.39 is 15.9 Å². The van der Waals surface area contributed by atoms with Gasteiger partial charge in [-0.2, -0.15) is 4.31 Å². The van der Waals surface area contributed by atoms with E-state index in [1.807, 2.05) is 26.0 Å². The Morgan fingerprint density at radius 2 is 2.06 bits per heavy atom. The van der Waals surface area contributed by atoms with E-state index in [0.717, 1.165) is 28.3 Å². The van der Waals surface area contributed by atoms with Gasteiger partial charge in [0.15, 0.2) is 0 Å². The van der Waals surface area contributed by atoms with Gasteiger partial charge in [0.05, 0.1) is 29.7 Å². The fourth-order valence-corrected chi connectivity index (χ4v) is 5.23. The zero-order valence-corrected chi connectivity index (χ0v) is 19.4. The Morgan fingerprint density at radius 3 is 2.71 bits per heavy atom. The summed E-state index contributed by atoms with van der Waals surface area (Å²) in [6.07, 6.45) is 1.35. The van der Waals surface area contributed by atoms with Crippen molar-refractivity contribution in [3.63, 3.8) is 0 Å². The summed E-state index contributed by atoms with van der Waals surface area (Å²) in [6.45, 7) is 4.20. The van der Waals surface area contributed by atoms with Gasteiger partial charge in [0.25, 0.3) is 0 Å². The number of carbonyl (C=O) groups is 1. The average molecular weight is 467 g/mol. The molecule has 1 heterocycles. The van der Waals surface area contributed by atoms with Gasteiger partial charge < -0.3 is 14.8 Å². The summed E-state index contributed by atoms with van der Waals surface area (Å²) >= 11 is 6.14. The number of nitrogens with zero attached hydrogens (tertiary/aromatic N) is 1. The van der Waals surface area contributed by atoms with Gasteiger partial charge in [-0.25, -0.2) is 8.42 Å². The van der Waals surface area contributed by atoms with Crippen LogP contribution in [0, 0.1) is 13.8 Å². The molecule has 31 heavy (non-hydrogen) atoms. The highest BCUT2D eigenvalue weighted by atomic mass is 35.5. The third-order valence-electron chi connectivity index (χ3n) is 5.39. The summed E-state index contributed by atoms with van der Waals surface area (Å²) in [5.74, 6) is -0.0474. The summed E-state index contributed by atoms with van der Waals surface area (Å²) in [5, 5.41) is 3.01. The second-order valence-corrected chi connectivity index (χ2v) is 9.87. The van der Waals surface area contributed by atoms with Crippen LogP contribution in [-0.4, -0.2) is 51.5 Å². The number of benzene rings is 2. The molecule has 1 aliphatic heterocycles. The maximum absolute atomic E-state index is 13.4. The van der Waals surface area contributed by atoms with Crippen molar-refractivity contribution in [1.82, 2.24) is 4.31 Å². The van der Waals surface area contributed by atoms with Gasteiger partial charge in [0.1, 0.15) is 5.75 Å². The number of carbonyl (C=O) groups excluding carboxylic acids is 1. The molecule has 1 atom stereocenters. The molecule has 168 valence electrons. The first kappa shape index (κ1) is 23.5. The molecule has 1 N–H and O–H groups in total. The van der Waals surface area contributed by atoms with Gasteiger partial charge in [-0.15, -0.1) is 0 Å². The number of hydrogen-bond acceptors (Lipinski definition) is 5. The Morgan fingerprint density at radius 1 is 1.29 bits per heavy atom. The molecule has 2 aromatic carbocycles. The van der Waals surface area contributed by atoms with Crippen molar-refractivity contribution < 1.29 is 22.7 Å². The molecule has 7 nitrogen and oxygen atoms in total. The first-order chi connectivity index (χ1) is 14.7. The van der Waals surface area contributed by atoms with Crippen LogP contribution in [0.1, 0.15) is 24.0 Å². The predicted octanol–water partition coefficient (Wildman–Crippen LogP) is 3.77. The van der Waals surface area contributed by atoms with Gasteiger partial charge in [-0.1, -0.05) is 23.7 Å².